The van der Waals surface area contributed by atoms with Gasteiger partial charge in [-0.05, 0) is 42.5 Å². The Bertz CT molecular complexity index is 934. The van der Waals surface area contributed by atoms with Crippen LogP contribution >= 0.6 is 0 Å². The van der Waals surface area contributed by atoms with E-state index in [1.165, 1.54) is 40.6 Å². The number of hydrogen-bond acceptors (Lipinski definition) is 2. The van der Waals surface area contributed by atoms with E-state index in [0.717, 1.165) is 17.7 Å². The molecule has 0 aliphatic carbocycles. The predicted octanol–water partition coefficient (Wildman–Crippen LogP) is 4.39. The Hall–Kier alpha value is -2.39. The van der Waals surface area contributed by atoms with Crippen molar-refractivity contribution >= 4 is 23.1 Å². The largest absolute Gasteiger partial charge is 0.358 e. The van der Waals surface area contributed by atoms with Gasteiger partial charge < -0.3 is 10.3 Å². The van der Waals surface area contributed by atoms with E-state index in [2.05, 4.69) is 57.8 Å². The van der Waals surface area contributed by atoms with Crippen LogP contribution in [0.3, 0.4) is 0 Å². The highest BCUT2D eigenvalue weighted by atomic mass is 15.0. The molecule has 120 valence electrons. The summed E-state index contributed by atoms with van der Waals surface area (Å²) in [4.78, 5) is 8.09. The number of hydrogen-bond donors (Lipinski definition) is 2. The van der Waals surface area contributed by atoms with Gasteiger partial charge in [0, 0.05) is 41.5 Å². The smallest absolute Gasteiger partial charge is 0.0533 e. The maximum Gasteiger partial charge on any atom is 0.0533 e. The minimum atomic E-state index is 0.535. The van der Waals surface area contributed by atoms with Crippen molar-refractivity contribution in [2.45, 2.75) is 38.3 Å². The molecule has 0 radical (unpaired) electrons. The van der Waals surface area contributed by atoms with Gasteiger partial charge in [-0.1, -0.05) is 36.4 Å². The van der Waals surface area contributed by atoms with Crippen molar-refractivity contribution in [3.8, 4) is 0 Å². The molecule has 0 amide bonds. The van der Waals surface area contributed by atoms with E-state index >= 15 is 0 Å². The fraction of sp³-hybridized carbons (Fsp3) is 0.286. The second-order valence-electron chi connectivity index (χ2n) is 7.05. The summed E-state index contributed by atoms with van der Waals surface area (Å²) in [7, 11) is 0. The normalized spacial score (nSPS) is 22.4. The number of nitrogens with one attached hydrogen (secondary N) is 2. The van der Waals surface area contributed by atoms with E-state index in [1.54, 1.807) is 0 Å². The second-order valence-corrected chi connectivity index (χ2v) is 7.05. The van der Waals surface area contributed by atoms with Gasteiger partial charge in [0.25, 0.3) is 0 Å². The molecule has 4 heterocycles. The standard InChI is InChI=1S/C21H21N3/c1-13-5-6-14(12-22-13)7-8-15-3-2-4-17-20-18-10-9-16(23-18)11-19(20)24-21(15)17/h2-8,12,16,18,23-24H,9-11H2,1H3/b8-7+/t16-,18+/m0/s1. The number of rotatable bonds is 2. The Balaban J connectivity index is 1.58. The van der Waals surface area contributed by atoms with Crippen LogP contribution in [0.1, 0.15) is 47.0 Å². The third-order valence-corrected chi connectivity index (χ3v) is 5.42. The Kier molecular flexibility index (Phi) is 3.10. The molecule has 2 aromatic heterocycles. The molecule has 24 heavy (non-hydrogen) atoms. The number of pyridine rings is 1. The molecule has 2 aliphatic rings. The number of aromatic amines is 1. The molecule has 0 spiro atoms. The third-order valence-electron chi connectivity index (χ3n) is 5.42. The fourth-order valence-corrected chi connectivity index (χ4v) is 4.23. The summed E-state index contributed by atoms with van der Waals surface area (Å²) in [5.74, 6) is 0. The summed E-state index contributed by atoms with van der Waals surface area (Å²) in [6.45, 7) is 2.01. The van der Waals surface area contributed by atoms with E-state index < -0.39 is 0 Å². The van der Waals surface area contributed by atoms with Gasteiger partial charge in [-0.2, -0.15) is 0 Å². The van der Waals surface area contributed by atoms with Gasteiger partial charge in [0.1, 0.15) is 0 Å². The van der Waals surface area contributed by atoms with E-state index in [-0.39, 0.29) is 0 Å². The third kappa shape index (κ3) is 2.20. The monoisotopic (exact) mass is 315 g/mol. The van der Waals surface area contributed by atoms with Crippen molar-refractivity contribution in [3.63, 3.8) is 0 Å². The van der Waals surface area contributed by atoms with Crippen LogP contribution in [0.25, 0.3) is 23.1 Å². The molecule has 3 heteroatoms. The van der Waals surface area contributed by atoms with Crippen molar-refractivity contribution in [2.24, 2.45) is 0 Å². The van der Waals surface area contributed by atoms with E-state index in [9.17, 15) is 0 Å². The fourth-order valence-electron chi connectivity index (χ4n) is 4.23. The van der Waals surface area contributed by atoms with Gasteiger partial charge in [-0.3, -0.25) is 4.98 Å². The number of aromatic nitrogens is 2. The highest BCUT2D eigenvalue weighted by molar-refractivity contribution is 5.94. The minimum absolute atomic E-state index is 0.535. The first kappa shape index (κ1) is 14.0. The van der Waals surface area contributed by atoms with Gasteiger partial charge in [-0.25, -0.2) is 0 Å². The van der Waals surface area contributed by atoms with Crippen molar-refractivity contribution in [2.75, 3.05) is 0 Å². The highest BCUT2D eigenvalue weighted by Gasteiger charge is 2.34. The molecule has 2 bridgehead atoms. The zero-order chi connectivity index (χ0) is 16.1. The molecule has 1 aromatic carbocycles. The molecule has 3 aromatic rings. The molecular formula is C21H21N3. The summed E-state index contributed by atoms with van der Waals surface area (Å²) in [5, 5.41) is 5.14. The van der Waals surface area contributed by atoms with Crippen LogP contribution in [0.2, 0.25) is 0 Å². The van der Waals surface area contributed by atoms with Crippen LogP contribution in [0.5, 0.6) is 0 Å². The van der Waals surface area contributed by atoms with Gasteiger partial charge in [0.05, 0.1) is 5.52 Å². The lowest BCUT2D eigenvalue weighted by Gasteiger charge is -2.21. The van der Waals surface area contributed by atoms with Crippen molar-refractivity contribution < 1.29 is 0 Å². The van der Waals surface area contributed by atoms with Crippen LogP contribution in [0, 0.1) is 6.92 Å². The first-order valence-electron chi connectivity index (χ1n) is 8.78. The molecule has 5 rings (SSSR count). The Morgan fingerprint density at radius 1 is 1.12 bits per heavy atom. The molecule has 1 saturated heterocycles. The Morgan fingerprint density at radius 3 is 2.96 bits per heavy atom. The number of H-pyrrole nitrogens is 1. The summed E-state index contributed by atoms with van der Waals surface area (Å²) in [6.07, 6.45) is 9.96. The Morgan fingerprint density at radius 2 is 2.08 bits per heavy atom. The zero-order valence-electron chi connectivity index (χ0n) is 13.8. The second kappa shape index (κ2) is 5.32. The summed E-state index contributed by atoms with van der Waals surface area (Å²) in [6, 6.07) is 12.0. The quantitative estimate of drug-likeness (QED) is 0.736. The van der Waals surface area contributed by atoms with E-state index in [1.807, 2.05) is 13.1 Å². The van der Waals surface area contributed by atoms with E-state index in [0.29, 0.717) is 12.1 Å². The van der Waals surface area contributed by atoms with Gasteiger partial charge in [0.15, 0.2) is 0 Å². The highest BCUT2D eigenvalue weighted by Crippen LogP contribution is 2.40. The zero-order valence-corrected chi connectivity index (χ0v) is 13.8. The van der Waals surface area contributed by atoms with Crippen LogP contribution in [0.4, 0.5) is 0 Å². The first-order valence-corrected chi connectivity index (χ1v) is 8.78. The van der Waals surface area contributed by atoms with Gasteiger partial charge in [0.2, 0.25) is 0 Å². The predicted molar refractivity (Wildman–Crippen MR) is 98.8 cm³/mol. The number of para-hydroxylation sites is 1. The summed E-state index contributed by atoms with van der Waals surface area (Å²) in [5.41, 5.74) is 7.65. The lowest BCUT2D eigenvalue weighted by molar-refractivity contribution is 0.513. The molecule has 2 atom stereocenters. The van der Waals surface area contributed by atoms with Crippen LogP contribution in [0.15, 0.2) is 36.5 Å². The minimum Gasteiger partial charge on any atom is -0.358 e. The maximum atomic E-state index is 4.37. The lowest BCUT2D eigenvalue weighted by Crippen LogP contribution is -2.31. The molecule has 2 aliphatic heterocycles. The average Bonchev–Trinajstić information content (AvgIpc) is 3.16. The number of nitrogens with zero attached hydrogens (tertiary/aromatic N) is 1. The van der Waals surface area contributed by atoms with Crippen LogP contribution < -0.4 is 5.32 Å². The van der Waals surface area contributed by atoms with Crippen molar-refractivity contribution in [1.82, 2.24) is 15.3 Å². The molecule has 1 fully saturated rings. The molecule has 2 N–H and O–H groups in total. The molecule has 3 nitrogen and oxygen atoms in total. The number of benzene rings is 1. The average molecular weight is 315 g/mol. The van der Waals surface area contributed by atoms with Gasteiger partial charge >= 0.3 is 0 Å². The van der Waals surface area contributed by atoms with Gasteiger partial charge in [-0.15, -0.1) is 0 Å². The van der Waals surface area contributed by atoms with Crippen molar-refractivity contribution in [3.05, 3.63) is 64.6 Å². The van der Waals surface area contributed by atoms with Crippen molar-refractivity contribution in [1.29, 1.82) is 0 Å². The van der Waals surface area contributed by atoms with Crippen LogP contribution in [-0.2, 0) is 6.42 Å². The SMILES string of the molecule is Cc1ccc(/C=C/c2cccc3c4c([nH]c23)C[C@@H]2CC[C@H]4N2)cn1. The summed E-state index contributed by atoms with van der Waals surface area (Å²) < 4.78 is 0. The summed E-state index contributed by atoms with van der Waals surface area (Å²) >= 11 is 0. The molecular weight excluding hydrogens is 294 g/mol. The first-order chi connectivity index (χ1) is 11.8. The topological polar surface area (TPSA) is 40.7 Å². The van der Waals surface area contributed by atoms with Crippen LogP contribution in [-0.4, -0.2) is 16.0 Å². The Labute approximate surface area is 141 Å². The number of aryl methyl sites for hydroxylation is 1. The number of fused-ring (bicyclic) bond motifs is 6. The lowest BCUT2D eigenvalue weighted by atomic mass is 9.98. The molecule has 0 saturated carbocycles. The molecule has 0 unspecified atom stereocenters. The van der Waals surface area contributed by atoms with E-state index in [4.69, 9.17) is 0 Å². The maximum absolute atomic E-state index is 4.37.